The van der Waals surface area contributed by atoms with Crippen molar-refractivity contribution in [2.75, 3.05) is 6.61 Å². The molecule has 0 bridgehead atoms. The predicted molar refractivity (Wildman–Crippen MR) is 95.7 cm³/mol. The van der Waals surface area contributed by atoms with Crippen molar-refractivity contribution in [3.63, 3.8) is 0 Å². The van der Waals surface area contributed by atoms with Crippen LogP contribution >= 0.6 is 0 Å². The van der Waals surface area contributed by atoms with Crippen LogP contribution < -0.4 is 10.1 Å². The van der Waals surface area contributed by atoms with E-state index in [1.807, 2.05) is 63.2 Å². The average molecular weight is 341 g/mol. The molecule has 0 saturated heterocycles. The molecule has 0 aliphatic carbocycles. The van der Waals surface area contributed by atoms with E-state index in [2.05, 4.69) is 5.32 Å². The van der Waals surface area contributed by atoms with E-state index < -0.39 is 12.0 Å². The number of benzene rings is 2. The van der Waals surface area contributed by atoms with Gasteiger partial charge in [-0.15, -0.1) is 0 Å². The maximum Gasteiger partial charge on any atom is 0.305 e. The van der Waals surface area contributed by atoms with E-state index >= 15 is 0 Å². The number of carboxylic acid groups (broad SMARTS) is 1. The van der Waals surface area contributed by atoms with Crippen LogP contribution in [0.2, 0.25) is 0 Å². The van der Waals surface area contributed by atoms with Crippen molar-refractivity contribution in [1.29, 1.82) is 0 Å². The highest BCUT2D eigenvalue weighted by atomic mass is 16.5. The van der Waals surface area contributed by atoms with E-state index in [-0.39, 0.29) is 18.9 Å². The van der Waals surface area contributed by atoms with Gasteiger partial charge < -0.3 is 15.2 Å². The fraction of sp³-hybridized carbons (Fsp3) is 0.300. The Morgan fingerprint density at radius 1 is 1.08 bits per heavy atom. The topological polar surface area (TPSA) is 75.6 Å². The second kappa shape index (κ2) is 8.33. The van der Waals surface area contributed by atoms with Crippen LogP contribution in [0.25, 0.3) is 0 Å². The van der Waals surface area contributed by atoms with Crippen LogP contribution in [0.1, 0.15) is 34.7 Å². The summed E-state index contributed by atoms with van der Waals surface area (Å²) in [6, 6.07) is 12.6. The van der Waals surface area contributed by atoms with Gasteiger partial charge >= 0.3 is 5.97 Å². The number of carbonyl (C=O) groups excluding carboxylic acids is 1. The summed E-state index contributed by atoms with van der Waals surface area (Å²) in [5.74, 6) is -0.676. The maximum atomic E-state index is 12.2. The molecule has 132 valence electrons. The fourth-order valence-corrected chi connectivity index (χ4v) is 2.73. The second-order valence-electron chi connectivity index (χ2n) is 6.13. The molecular formula is C20H23NO4. The van der Waals surface area contributed by atoms with Crippen LogP contribution in [-0.2, 0) is 9.59 Å². The molecule has 2 aromatic carbocycles. The zero-order chi connectivity index (χ0) is 18.4. The van der Waals surface area contributed by atoms with E-state index in [9.17, 15) is 9.59 Å². The van der Waals surface area contributed by atoms with Crippen molar-refractivity contribution < 1.29 is 19.4 Å². The quantitative estimate of drug-likeness (QED) is 0.810. The van der Waals surface area contributed by atoms with Gasteiger partial charge in [-0.05, 0) is 43.5 Å². The highest BCUT2D eigenvalue weighted by molar-refractivity contribution is 5.79. The maximum absolute atomic E-state index is 12.2. The van der Waals surface area contributed by atoms with Gasteiger partial charge in [0.15, 0.2) is 6.61 Å². The molecule has 0 heterocycles. The Kier molecular flexibility index (Phi) is 6.17. The summed E-state index contributed by atoms with van der Waals surface area (Å²) in [6.07, 6.45) is -0.180. The largest absolute Gasteiger partial charge is 0.484 e. The van der Waals surface area contributed by atoms with Crippen LogP contribution in [0.3, 0.4) is 0 Å². The summed E-state index contributed by atoms with van der Waals surface area (Å²) in [7, 11) is 0. The van der Waals surface area contributed by atoms with Crippen LogP contribution in [0.5, 0.6) is 5.75 Å². The number of rotatable bonds is 7. The minimum Gasteiger partial charge on any atom is -0.484 e. The van der Waals surface area contributed by atoms with Gasteiger partial charge in [-0.25, -0.2) is 0 Å². The molecule has 0 aromatic heterocycles. The van der Waals surface area contributed by atoms with Gasteiger partial charge in [-0.1, -0.05) is 42.0 Å². The molecule has 5 nitrogen and oxygen atoms in total. The second-order valence-corrected chi connectivity index (χ2v) is 6.13. The van der Waals surface area contributed by atoms with Gasteiger partial charge in [-0.2, -0.15) is 0 Å². The van der Waals surface area contributed by atoms with E-state index in [1.165, 1.54) is 0 Å². The molecule has 2 N–H and O–H groups in total. The number of carbonyl (C=O) groups is 2. The zero-order valence-corrected chi connectivity index (χ0v) is 14.7. The van der Waals surface area contributed by atoms with Gasteiger partial charge in [0.05, 0.1) is 12.5 Å². The Hall–Kier alpha value is -2.82. The SMILES string of the molecule is Cc1ccc(OCC(=O)NC(CC(=O)O)c2ccccc2C)c(C)c1. The minimum atomic E-state index is -0.969. The van der Waals surface area contributed by atoms with Gasteiger partial charge in [0.2, 0.25) is 0 Å². The monoisotopic (exact) mass is 341 g/mol. The van der Waals surface area contributed by atoms with Gasteiger partial charge in [0.25, 0.3) is 5.91 Å². The smallest absolute Gasteiger partial charge is 0.305 e. The number of hydrogen-bond acceptors (Lipinski definition) is 3. The van der Waals surface area contributed by atoms with Crippen LogP contribution in [0.4, 0.5) is 0 Å². The van der Waals surface area contributed by atoms with E-state index in [0.29, 0.717) is 5.75 Å². The standard InChI is InChI=1S/C20H23NO4/c1-13-8-9-18(15(3)10-13)25-12-19(22)21-17(11-20(23)24)16-7-5-4-6-14(16)2/h4-10,17H,11-12H2,1-3H3,(H,21,22)(H,23,24). The molecule has 0 fully saturated rings. The number of carboxylic acids is 1. The van der Waals surface area contributed by atoms with Crippen molar-refractivity contribution in [3.8, 4) is 5.75 Å². The average Bonchev–Trinajstić information content (AvgIpc) is 2.53. The first kappa shape index (κ1) is 18.5. The van der Waals surface area contributed by atoms with E-state index in [1.54, 1.807) is 0 Å². The molecule has 1 amide bonds. The van der Waals surface area contributed by atoms with E-state index in [0.717, 1.165) is 22.3 Å². The Balaban J connectivity index is 2.04. The van der Waals surface area contributed by atoms with Gasteiger partial charge in [0, 0.05) is 0 Å². The lowest BCUT2D eigenvalue weighted by atomic mass is 9.99. The summed E-state index contributed by atoms with van der Waals surface area (Å²) in [6.45, 7) is 5.64. The molecule has 5 heteroatoms. The summed E-state index contributed by atoms with van der Waals surface area (Å²) in [5.41, 5.74) is 3.80. The number of amides is 1. The lowest BCUT2D eigenvalue weighted by molar-refractivity contribution is -0.137. The third-order valence-corrected chi connectivity index (χ3v) is 3.97. The highest BCUT2D eigenvalue weighted by Gasteiger charge is 2.20. The third-order valence-electron chi connectivity index (χ3n) is 3.97. The first-order valence-electron chi connectivity index (χ1n) is 8.13. The molecule has 0 spiro atoms. The van der Waals surface area contributed by atoms with Gasteiger partial charge in [-0.3, -0.25) is 9.59 Å². The van der Waals surface area contributed by atoms with Crippen molar-refractivity contribution >= 4 is 11.9 Å². The molecule has 2 rings (SSSR count). The Labute approximate surface area is 147 Å². The normalized spacial score (nSPS) is 11.6. The number of hydrogen-bond donors (Lipinski definition) is 2. The van der Waals surface area contributed by atoms with Crippen molar-refractivity contribution in [1.82, 2.24) is 5.32 Å². The van der Waals surface area contributed by atoms with Crippen molar-refractivity contribution in [2.24, 2.45) is 0 Å². The predicted octanol–water partition coefficient (Wildman–Crippen LogP) is 3.32. The van der Waals surface area contributed by atoms with Crippen LogP contribution in [0.15, 0.2) is 42.5 Å². The first-order chi connectivity index (χ1) is 11.9. The van der Waals surface area contributed by atoms with E-state index in [4.69, 9.17) is 9.84 Å². The number of aryl methyl sites for hydroxylation is 3. The Morgan fingerprint density at radius 3 is 2.44 bits per heavy atom. The number of nitrogens with one attached hydrogen (secondary N) is 1. The van der Waals surface area contributed by atoms with Crippen LogP contribution in [0, 0.1) is 20.8 Å². The molecule has 25 heavy (non-hydrogen) atoms. The lowest BCUT2D eigenvalue weighted by Gasteiger charge is -2.19. The minimum absolute atomic E-state index is 0.161. The third kappa shape index (κ3) is 5.35. The summed E-state index contributed by atoms with van der Waals surface area (Å²) in [4.78, 5) is 23.4. The number of aliphatic carboxylic acids is 1. The molecular weight excluding hydrogens is 318 g/mol. The van der Waals surface area contributed by atoms with Gasteiger partial charge in [0.1, 0.15) is 5.75 Å². The van der Waals surface area contributed by atoms with Crippen LogP contribution in [-0.4, -0.2) is 23.6 Å². The molecule has 0 radical (unpaired) electrons. The molecule has 1 atom stereocenters. The molecule has 0 saturated carbocycles. The Morgan fingerprint density at radius 2 is 1.80 bits per heavy atom. The lowest BCUT2D eigenvalue weighted by Crippen LogP contribution is -2.34. The molecule has 0 aliphatic heterocycles. The highest BCUT2D eigenvalue weighted by Crippen LogP contribution is 2.21. The summed E-state index contributed by atoms with van der Waals surface area (Å²) >= 11 is 0. The molecule has 1 unspecified atom stereocenters. The fourth-order valence-electron chi connectivity index (χ4n) is 2.73. The summed E-state index contributed by atoms with van der Waals surface area (Å²) < 4.78 is 5.57. The Bertz CT molecular complexity index is 770. The molecule has 0 aliphatic rings. The first-order valence-corrected chi connectivity index (χ1v) is 8.13. The zero-order valence-electron chi connectivity index (χ0n) is 14.7. The number of ether oxygens (including phenoxy) is 1. The van der Waals surface area contributed by atoms with Crippen molar-refractivity contribution in [3.05, 3.63) is 64.7 Å². The summed E-state index contributed by atoms with van der Waals surface area (Å²) in [5, 5.41) is 11.9. The van der Waals surface area contributed by atoms with Crippen molar-refractivity contribution in [2.45, 2.75) is 33.2 Å². The molecule has 2 aromatic rings.